The molecule has 116 valence electrons. The van der Waals surface area contributed by atoms with Gasteiger partial charge in [0, 0.05) is 30.3 Å². The Morgan fingerprint density at radius 2 is 2.24 bits per heavy atom. The van der Waals surface area contributed by atoms with Gasteiger partial charge in [-0.15, -0.1) is 0 Å². The SMILES string of the molecule is COCCN(C(=O)c1cccc(Cl)c1)C1CCS(=O)(=O)C1. The average molecular weight is 332 g/mol. The van der Waals surface area contributed by atoms with E-state index in [1.807, 2.05) is 0 Å². The molecule has 1 atom stereocenters. The van der Waals surface area contributed by atoms with E-state index < -0.39 is 9.84 Å². The highest BCUT2D eigenvalue weighted by atomic mass is 35.5. The van der Waals surface area contributed by atoms with Crippen LogP contribution < -0.4 is 0 Å². The molecular weight excluding hydrogens is 314 g/mol. The minimum Gasteiger partial charge on any atom is -0.383 e. The smallest absolute Gasteiger partial charge is 0.254 e. The number of ether oxygens (including phenoxy) is 1. The largest absolute Gasteiger partial charge is 0.383 e. The van der Waals surface area contributed by atoms with Gasteiger partial charge in [-0.2, -0.15) is 0 Å². The van der Waals surface area contributed by atoms with E-state index in [0.717, 1.165) is 0 Å². The van der Waals surface area contributed by atoms with Crippen LogP contribution in [0.3, 0.4) is 0 Å². The Labute approximate surface area is 129 Å². The number of halogens is 1. The van der Waals surface area contributed by atoms with E-state index in [1.54, 1.807) is 36.3 Å². The summed E-state index contributed by atoms with van der Waals surface area (Å²) in [6.07, 6.45) is 0.471. The van der Waals surface area contributed by atoms with E-state index >= 15 is 0 Å². The number of nitrogens with zero attached hydrogens (tertiary/aromatic N) is 1. The van der Waals surface area contributed by atoms with E-state index in [-0.39, 0.29) is 23.5 Å². The summed E-state index contributed by atoms with van der Waals surface area (Å²) >= 11 is 5.91. The lowest BCUT2D eigenvalue weighted by Crippen LogP contribution is -2.43. The van der Waals surface area contributed by atoms with Crippen LogP contribution in [0, 0.1) is 0 Å². The number of carbonyl (C=O) groups excluding carboxylic acids is 1. The Morgan fingerprint density at radius 1 is 1.48 bits per heavy atom. The minimum atomic E-state index is -3.05. The number of benzene rings is 1. The Balaban J connectivity index is 2.21. The van der Waals surface area contributed by atoms with Gasteiger partial charge >= 0.3 is 0 Å². The normalized spacial score (nSPS) is 20.4. The van der Waals surface area contributed by atoms with Crippen LogP contribution in [0.1, 0.15) is 16.8 Å². The van der Waals surface area contributed by atoms with Gasteiger partial charge < -0.3 is 9.64 Å². The van der Waals surface area contributed by atoms with Crippen molar-refractivity contribution in [3.8, 4) is 0 Å². The van der Waals surface area contributed by atoms with Gasteiger partial charge in [-0.1, -0.05) is 17.7 Å². The van der Waals surface area contributed by atoms with Crippen molar-refractivity contribution in [1.29, 1.82) is 0 Å². The zero-order valence-corrected chi connectivity index (χ0v) is 13.4. The van der Waals surface area contributed by atoms with Crippen LogP contribution in [0.25, 0.3) is 0 Å². The molecule has 2 rings (SSSR count). The Bertz CT molecular complexity index is 617. The molecule has 1 aliphatic heterocycles. The van der Waals surface area contributed by atoms with Crippen molar-refractivity contribution in [3.05, 3.63) is 34.9 Å². The second-order valence-electron chi connectivity index (χ2n) is 5.06. The van der Waals surface area contributed by atoms with Crippen LogP contribution in [0.4, 0.5) is 0 Å². The number of hydrogen-bond donors (Lipinski definition) is 0. The van der Waals surface area contributed by atoms with Crippen molar-refractivity contribution in [2.75, 3.05) is 31.8 Å². The van der Waals surface area contributed by atoms with Gasteiger partial charge in [0.15, 0.2) is 9.84 Å². The molecule has 1 aliphatic rings. The van der Waals surface area contributed by atoms with E-state index in [1.165, 1.54) is 0 Å². The lowest BCUT2D eigenvalue weighted by molar-refractivity contribution is 0.0624. The number of amides is 1. The number of rotatable bonds is 5. The molecule has 1 fully saturated rings. The first-order valence-corrected chi connectivity index (χ1v) is 8.89. The number of methoxy groups -OCH3 is 1. The van der Waals surface area contributed by atoms with Crippen LogP contribution in [-0.4, -0.2) is 57.0 Å². The lowest BCUT2D eigenvalue weighted by atomic mass is 10.1. The van der Waals surface area contributed by atoms with Crippen LogP contribution in [0.5, 0.6) is 0 Å². The van der Waals surface area contributed by atoms with Crippen LogP contribution >= 0.6 is 11.6 Å². The summed E-state index contributed by atoms with van der Waals surface area (Å²) in [4.78, 5) is 14.2. The number of carbonyl (C=O) groups is 1. The molecule has 0 radical (unpaired) electrons. The van der Waals surface area contributed by atoms with Crippen LogP contribution in [0.2, 0.25) is 5.02 Å². The maximum absolute atomic E-state index is 12.6. The van der Waals surface area contributed by atoms with E-state index in [0.29, 0.717) is 30.2 Å². The van der Waals surface area contributed by atoms with E-state index in [2.05, 4.69) is 0 Å². The summed E-state index contributed by atoms with van der Waals surface area (Å²) in [5, 5.41) is 0.478. The molecule has 0 aromatic heterocycles. The maximum atomic E-state index is 12.6. The molecule has 1 heterocycles. The molecule has 1 aromatic rings. The quantitative estimate of drug-likeness (QED) is 0.822. The zero-order valence-electron chi connectivity index (χ0n) is 11.8. The molecule has 5 nitrogen and oxygen atoms in total. The molecule has 1 amide bonds. The Morgan fingerprint density at radius 3 is 2.81 bits per heavy atom. The van der Waals surface area contributed by atoms with Gasteiger partial charge in [0.1, 0.15) is 0 Å². The second kappa shape index (κ2) is 6.77. The summed E-state index contributed by atoms with van der Waals surface area (Å²) in [7, 11) is -1.50. The van der Waals surface area contributed by atoms with Gasteiger partial charge in [0.25, 0.3) is 5.91 Å². The van der Waals surface area contributed by atoms with Crippen molar-refractivity contribution in [2.45, 2.75) is 12.5 Å². The van der Waals surface area contributed by atoms with Gasteiger partial charge in [-0.25, -0.2) is 8.42 Å². The molecule has 0 N–H and O–H groups in total. The summed E-state index contributed by atoms with van der Waals surface area (Å²) in [6, 6.07) is 6.37. The molecular formula is C14H18ClNO4S. The number of hydrogen-bond acceptors (Lipinski definition) is 4. The Kier molecular flexibility index (Phi) is 5.24. The molecule has 1 unspecified atom stereocenters. The average Bonchev–Trinajstić information content (AvgIpc) is 2.79. The van der Waals surface area contributed by atoms with Gasteiger partial charge in [0.05, 0.1) is 18.1 Å². The van der Waals surface area contributed by atoms with Crippen molar-refractivity contribution in [3.63, 3.8) is 0 Å². The van der Waals surface area contributed by atoms with E-state index in [9.17, 15) is 13.2 Å². The highest BCUT2D eigenvalue weighted by Gasteiger charge is 2.34. The molecule has 0 spiro atoms. The van der Waals surface area contributed by atoms with Gasteiger partial charge in [0.2, 0.25) is 0 Å². The van der Waals surface area contributed by atoms with Crippen molar-refractivity contribution < 1.29 is 17.9 Å². The lowest BCUT2D eigenvalue weighted by Gasteiger charge is -2.28. The third-order valence-corrected chi connectivity index (χ3v) is 5.50. The standard InChI is InChI=1S/C14H18ClNO4S/c1-20-7-6-16(13-5-8-21(18,19)10-13)14(17)11-3-2-4-12(15)9-11/h2-4,9,13H,5-8,10H2,1H3. The summed E-state index contributed by atoms with van der Waals surface area (Å²) in [5.74, 6) is -0.0656. The Hall–Kier alpha value is -1.11. The first-order valence-electron chi connectivity index (χ1n) is 6.69. The fourth-order valence-electron chi connectivity index (χ4n) is 2.45. The second-order valence-corrected chi connectivity index (χ2v) is 7.72. The van der Waals surface area contributed by atoms with Gasteiger partial charge in [-0.05, 0) is 24.6 Å². The summed E-state index contributed by atoms with van der Waals surface area (Å²) < 4.78 is 28.3. The molecule has 7 heteroatoms. The molecule has 0 aliphatic carbocycles. The minimum absolute atomic E-state index is 0.0169. The molecule has 0 saturated carbocycles. The van der Waals surface area contributed by atoms with Crippen molar-refractivity contribution in [2.24, 2.45) is 0 Å². The first kappa shape index (κ1) is 16.3. The fourth-order valence-corrected chi connectivity index (χ4v) is 4.37. The third-order valence-electron chi connectivity index (χ3n) is 3.52. The first-order chi connectivity index (χ1) is 9.93. The van der Waals surface area contributed by atoms with Crippen LogP contribution in [0.15, 0.2) is 24.3 Å². The highest BCUT2D eigenvalue weighted by Crippen LogP contribution is 2.21. The van der Waals surface area contributed by atoms with Crippen LogP contribution in [-0.2, 0) is 14.6 Å². The topological polar surface area (TPSA) is 63.7 Å². The highest BCUT2D eigenvalue weighted by molar-refractivity contribution is 7.91. The summed E-state index contributed by atoms with van der Waals surface area (Å²) in [6.45, 7) is 0.727. The number of sulfone groups is 1. The maximum Gasteiger partial charge on any atom is 0.254 e. The third kappa shape index (κ3) is 4.18. The molecule has 0 bridgehead atoms. The molecule has 21 heavy (non-hydrogen) atoms. The fraction of sp³-hybridized carbons (Fsp3) is 0.500. The predicted octanol–water partition coefficient (Wildman–Crippen LogP) is 1.62. The van der Waals surface area contributed by atoms with Crippen molar-refractivity contribution >= 4 is 27.3 Å². The van der Waals surface area contributed by atoms with Gasteiger partial charge in [-0.3, -0.25) is 4.79 Å². The predicted molar refractivity (Wildman–Crippen MR) is 81.4 cm³/mol. The molecule has 1 aromatic carbocycles. The van der Waals surface area contributed by atoms with E-state index in [4.69, 9.17) is 16.3 Å². The van der Waals surface area contributed by atoms with Crippen molar-refractivity contribution in [1.82, 2.24) is 4.90 Å². The zero-order chi connectivity index (χ0) is 15.5. The monoisotopic (exact) mass is 331 g/mol. The summed E-state index contributed by atoms with van der Waals surface area (Å²) in [5.41, 5.74) is 0.461. The molecule has 1 saturated heterocycles.